The van der Waals surface area contributed by atoms with E-state index in [2.05, 4.69) is 11.8 Å². The van der Waals surface area contributed by atoms with E-state index in [1.165, 1.54) is 44.9 Å². The zero-order valence-corrected chi connectivity index (χ0v) is 10.3. The van der Waals surface area contributed by atoms with Crippen LogP contribution in [-0.2, 0) is 4.79 Å². The lowest BCUT2D eigenvalue weighted by Gasteiger charge is -2.17. The smallest absolute Gasteiger partial charge is 0.137 e. The fourth-order valence-corrected chi connectivity index (χ4v) is 4.43. The third-order valence-corrected chi connectivity index (χ3v) is 5.39. The van der Waals surface area contributed by atoms with Gasteiger partial charge < -0.3 is 4.79 Å². The van der Waals surface area contributed by atoms with Gasteiger partial charge in [0.1, 0.15) is 6.29 Å². The minimum atomic E-state index is 0.233. The monoisotopic (exact) mass is 221 g/mol. The topological polar surface area (TPSA) is 20.3 Å². The molecule has 0 aromatic rings. The Labute approximate surface area is 98.4 Å². The molecule has 1 aliphatic heterocycles. The van der Waals surface area contributed by atoms with E-state index in [0.717, 1.165) is 24.8 Å². The van der Waals surface area contributed by atoms with Crippen molar-refractivity contribution in [1.29, 1.82) is 0 Å². The van der Waals surface area contributed by atoms with Gasteiger partial charge in [-0.2, -0.15) is 0 Å². The van der Waals surface area contributed by atoms with Crippen LogP contribution >= 0.6 is 0 Å². The first-order valence-electron chi connectivity index (χ1n) is 6.98. The SMILES string of the molecule is CCN1C[C@]2(C[C@H]1C=O)C[C@H]2C1CCCC1. The van der Waals surface area contributed by atoms with Crippen LogP contribution in [-0.4, -0.2) is 30.3 Å². The largest absolute Gasteiger partial charge is 0.302 e. The van der Waals surface area contributed by atoms with Crippen molar-refractivity contribution in [3.63, 3.8) is 0 Å². The van der Waals surface area contributed by atoms with Crippen LogP contribution in [0.1, 0.15) is 45.4 Å². The van der Waals surface area contributed by atoms with E-state index in [0.29, 0.717) is 5.41 Å². The molecule has 1 spiro atoms. The summed E-state index contributed by atoms with van der Waals surface area (Å²) >= 11 is 0. The normalized spacial score (nSPS) is 44.3. The van der Waals surface area contributed by atoms with Crippen molar-refractivity contribution < 1.29 is 4.79 Å². The van der Waals surface area contributed by atoms with Gasteiger partial charge in [0.2, 0.25) is 0 Å². The lowest BCUT2D eigenvalue weighted by Crippen LogP contribution is -2.30. The van der Waals surface area contributed by atoms with E-state index in [-0.39, 0.29) is 6.04 Å². The maximum Gasteiger partial charge on any atom is 0.137 e. The second-order valence-electron chi connectivity index (χ2n) is 6.19. The quantitative estimate of drug-likeness (QED) is 0.682. The number of likely N-dealkylation sites (tertiary alicyclic amines) is 1. The van der Waals surface area contributed by atoms with E-state index in [1.54, 1.807) is 0 Å². The van der Waals surface area contributed by atoms with Gasteiger partial charge in [-0.15, -0.1) is 0 Å². The first kappa shape index (κ1) is 10.8. The zero-order valence-electron chi connectivity index (χ0n) is 10.3. The van der Waals surface area contributed by atoms with Crippen molar-refractivity contribution >= 4 is 6.29 Å². The molecule has 3 atom stereocenters. The summed E-state index contributed by atoms with van der Waals surface area (Å²) in [6.45, 7) is 4.43. The molecule has 0 aromatic heterocycles. The van der Waals surface area contributed by atoms with Gasteiger partial charge in [0, 0.05) is 6.54 Å². The van der Waals surface area contributed by atoms with Gasteiger partial charge in [-0.1, -0.05) is 32.6 Å². The Bertz CT molecular complexity index is 284. The fraction of sp³-hybridized carbons (Fsp3) is 0.929. The molecule has 0 radical (unpaired) electrons. The van der Waals surface area contributed by atoms with Gasteiger partial charge in [-0.05, 0) is 36.6 Å². The summed E-state index contributed by atoms with van der Waals surface area (Å²) in [6, 6.07) is 0.233. The Morgan fingerprint density at radius 3 is 2.62 bits per heavy atom. The van der Waals surface area contributed by atoms with E-state index < -0.39 is 0 Å². The third kappa shape index (κ3) is 1.54. The number of hydrogen-bond donors (Lipinski definition) is 0. The van der Waals surface area contributed by atoms with Crippen LogP contribution in [0.25, 0.3) is 0 Å². The van der Waals surface area contributed by atoms with Crippen molar-refractivity contribution in [2.24, 2.45) is 17.3 Å². The number of carbonyl (C=O) groups excluding carboxylic acids is 1. The molecule has 0 aromatic carbocycles. The Morgan fingerprint density at radius 2 is 2.06 bits per heavy atom. The molecule has 0 unspecified atom stereocenters. The molecule has 1 saturated heterocycles. The van der Waals surface area contributed by atoms with Crippen molar-refractivity contribution in [1.82, 2.24) is 4.90 Å². The van der Waals surface area contributed by atoms with Gasteiger partial charge >= 0.3 is 0 Å². The van der Waals surface area contributed by atoms with Crippen LogP contribution in [0.5, 0.6) is 0 Å². The number of hydrogen-bond acceptors (Lipinski definition) is 2. The number of carbonyl (C=O) groups is 1. The summed E-state index contributed by atoms with van der Waals surface area (Å²) in [5, 5.41) is 0. The molecular weight excluding hydrogens is 198 g/mol. The highest BCUT2D eigenvalue weighted by Crippen LogP contribution is 2.65. The molecule has 16 heavy (non-hydrogen) atoms. The lowest BCUT2D eigenvalue weighted by atomic mass is 9.91. The first-order valence-corrected chi connectivity index (χ1v) is 6.98. The summed E-state index contributed by atoms with van der Waals surface area (Å²) in [5.41, 5.74) is 0.566. The van der Waals surface area contributed by atoms with Crippen molar-refractivity contribution in [2.45, 2.75) is 51.5 Å². The zero-order chi connectivity index (χ0) is 11.2. The van der Waals surface area contributed by atoms with Gasteiger partial charge in [0.25, 0.3) is 0 Å². The van der Waals surface area contributed by atoms with Crippen LogP contribution in [0.3, 0.4) is 0 Å². The first-order chi connectivity index (χ1) is 7.79. The number of aldehydes is 1. The number of likely N-dealkylation sites (N-methyl/N-ethyl adjacent to an activating group) is 1. The molecule has 3 fully saturated rings. The molecule has 90 valence electrons. The van der Waals surface area contributed by atoms with Gasteiger partial charge in [-0.25, -0.2) is 0 Å². The second kappa shape index (κ2) is 3.83. The highest BCUT2D eigenvalue weighted by Gasteiger charge is 2.61. The predicted octanol–water partition coefficient (Wildman–Crippen LogP) is 2.48. The standard InChI is InChI=1S/C14H23NO/c1-2-15-10-14(7-12(15)9-16)8-13(14)11-5-3-4-6-11/h9,11-13H,2-8,10H2,1H3/t12-,13-,14-/m0/s1. The molecule has 3 rings (SSSR count). The number of nitrogens with zero attached hydrogens (tertiary/aromatic N) is 1. The summed E-state index contributed by atoms with van der Waals surface area (Å²) in [6.07, 6.45) is 9.58. The van der Waals surface area contributed by atoms with Crippen LogP contribution in [0.15, 0.2) is 0 Å². The second-order valence-corrected chi connectivity index (χ2v) is 6.19. The molecule has 2 saturated carbocycles. The molecule has 2 nitrogen and oxygen atoms in total. The van der Waals surface area contributed by atoms with Gasteiger partial charge in [0.15, 0.2) is 0 Å². The Kier molecular flexibility index (Phi) is 2.58. The minimum absolute atomic E-state index is 0.233. The van der Waals surface area contributed by atoms with Crippen LogP contribution in [0.2, 0.25) is 0 Å². The summed E-state index contributed by atoms with van der Waals surface area (Å²) in [7, 11) is 0. The molecule has 1 heterocycles. The average Bonchev–Trinajstić information content (AvgIpc) is 2.74. The van der Waals surface area contributed by atoms with Crippen molar-refractivity contribution in [3.8, 4) is 0 Å². The van der Waals surface area contributed by atoms with Crippen molar-refractivity contribution in [2.75, 3.05) is 13.1 Å². The minimum Gasteiger partial charge on any atom is -0.302 e. The fourth-order valence-electron chi connectivity index (χ4n) is 4.43. The molecule has 2 heteroatoms. The number of rotatable bonds is 3. The van der Waals surface area contributed by atoms with Gasteiger partial charge in [0.05, 0.1) is 6.04 Å². The van der Waals surface area contributed by atoms with Gasteiger partial charge in [-0.3, -0.25) is 4.90 Å². The van der Waals surface area contributed by atoms with E-state index in [9.17, 15) is 4.79 Å². The van der Waals surface area contributed by atoms with Crippen LogP contribution < -0.4 is 0 Å². The maximum absolute atomic E-state index is 11.1. The average molecular weight is 221 g/mol. The van der Waals surface area contributed by atoms with E-state index in [1.807, 2.05) is 0 Å². The van der Waals surface area contributed by atoms with Crippen LogP contribution in [0.4, 0.5) is 0 Å². The Balaban J connectivity index is 1.67. The van der Waals surface area contributed by atoms with E-state index in [4.69, 9.17) is 0 Å². The molecular formula is C14H23NO. The molecule has 0 N–H and O–H groups in total. The molecule has 0 amide bonds. The molecule has 0 bridgehead atoms. The van der Waals surface area contributed by atoms with Crippen molar-refractivity contribution in [3.05, 3.63) is 0 Å². The maximum atomic E-state index is 11.1. The Hall–Kier alpha value is -0.370. The summed E-state index contributed by atoms with van der Waals surface area (Å²) < 4.78 is 0. The molecule has 3 aliphatic rings. The summed E-state index contributed by atoms with van der Waals surface area (Å²) in [5.74, 6) is 1.97. The highest BCUT2D eigenvalue weighted by atomic mass is 16.1. The lowest BCUT2D eigenvalue weighted by molar-refractivity contribution is -0.111. The third-order valence-electron chi connectivity index (χ3n) is 5.39. The van der Waals surface area contributed by atoms with E-state index >= 15 is 0 Å². The highest BCUT2D eigenvalue weighted by molar-refractivity contribution is 5.59. The molecule has 2 aliphatic carbocycles. The summed E-state index contributed by atoms with van der Waals surface area (Å²) in [4.78, 5) is 13.5. The Morgan fingerprint density at radius 1 is 1.31 bits per heavy atom. The predicted molar refractivity (Wildman–Crippen MR) is 64.2 cm³/mol. The van der Waals surface area contributed by atoms with Crippen LogP contribution in [0, 0.1) is 17.3 Å².